The summed E-state index contributed by atoms with van der Waals surface area (Å²) in [5.74, 6) is -3.81. The summed E-state index contributed by atoms with van der Waals surface area (Å²) in [5, 5.41) is 14.9. The second-order valence-electron chi connectivity index (χ2n) is 7.92. The fraction of sp³-hybridized carbons (Fsp3) is 0.571. The molecule has 0 aliphatic carbocycles. The van der Waals surface area contributed by atoms with E-state index in [9.17, 15) is 27.5 Å². The first kappa shape index (κ1) is 25.6. The van der Waals surface area contributed by atoms with Gasteiger partial charge in [0.1, 0.15) is 24.0 Å². The Morgan fingerprint density at radius 2 is 2.00 bits per heavy atom. The molecule has 0 saturated carbocycles. The van der Waals surface area contributed by atoms with Crippen molar-refractivity contribution in [2.24, 2.45) is 0 Å². The second-order valence-corrected chi connectivity index (χ2v) is 7.92. The Hall–Kier alpha value is -2.69. The summed E-state index contributed by atoms with van der Waals surface area (Å²) in [5.41, 5.74) is 1.55. The van der Waals surface area contributed by atoms with Gasteiger partial charge in [-0.2, -0.15) is 8.78 Å². The van der Waals surface area contributed by atoms with Crippen LogP contribution < -0.4 is 10.6 Å². The van der Waals surface area contributed by atoms with Crippen LogP contribution in [0, 0.1) is 0 Å². The van der Waals surface area contributed by atoms with Gasteiger partial charge in [0.25, 0.3) is 5.91 Å². The molecule has 0 fully saturated rings. The number of alkyl halides is 4. The Bertz CT molecular complexity index is 839. The Morgan fingerprint density at radius 1 is 1.34 bits per heavy atom. The molecule has 180 valence electrons. The number of hydrogen-bond acceptors (Lipinski definition) is 6. The lowest BCUT2D eigenvalue weighted by molar-refractivity contribution is -0.158. The Balaban J connectivity index is 2.11. The number of likely N-dealkylation sites (N-methyl/N-ethyl adjacent to an activating group) is 2. The Labute approximate surface area is 185 Å². The molecule has 1 amide bonds. The molecule has 2 aliphatic heterocycles. The number of ether oxygens (including phenoxy) is 1. The third-order valence-electron chi connectivity index (χ3n) is 5.41. The number of amides is 1. The molecule has 32 heavy (non-hydrogen) atoms. The SMILES string of the molecule is CC1=C(OCC(F)(F)C(F)F)CN(C)C(C(=O)NC(C)C2=CC(C)N(C)C(NCO)=C2)=C1. The number of hydrogen-bond donors (Lipinski definition) is 3. The van der Waals surface area contributed by atoms with Gasteiger partial charge in [0.05, 0.1) is 12.6 Å². The Kier molecular flexibility index (Phi) is 8.22. The van der Waals surface area contributed by atoms with Crippen molar-refractivity contribution in [2.45, 2.75) is 45.2 Å². The highest BCUT2D eigenvalue weighted by atomic mass is 19.3. The van der Waals surface area contributed by atoms with Gasteiger partial charge >= 0.3 is 12.3 Å². The number of allylic oxidation sites excluding steroid dienone is 2. The number of nitrogens with zero attached hydrogens (tertiary/aromatic N) is 2. The van der Waals surface area contributed by atoms with Crippen molar-refractivity contribution in [3.63, 3.8) is 0 Å². The van der Waals surface area contributed by atoms with E-state index in [0.717, 1.165) is 5.57 Å². The maximum absolute atomic E-state index is 13.2. The van der Waals surface area contributed by atoms with E-state index >= 15 is 0 Å². The summed E-state index contributed by atoms with van der Waals surface area (Å²) >= 11 is 0. The average molecular weight is 462 g/mol. The molecule has 3 N–H and O–H groups in total. The molecule has 0 radical (unpaired) electrons. The minimum absolute atomic E-state index is 0.00617. The summed E-state index contributed by atoms with van der Waals surface area (Å²) in [6.45, 7) is 3.69. The van der Waals surface area contributed by atoms with Crippen LogP contribution in [-0.2, 0) is 9.53 Å². The number of halogens is 4. The van der Waals surface area contributed by atoms with E-state index in [1.165, 1.54) is 11.0 Å². The van der Waals surface area contributed by atoms with Gasteiger partial charge < -0.3 is 30.3 Å². The van der Waals surface area contributed by atoms with Crippen LogP contribution in [-0.4, -0.2) is 79.2 Å². The highest BCUT2D eigenvalue weighted by Crippen LogP contribution is 2.27. The van der Waals surface area contributed by atoms with Crippen molar-refractivity contribution in [3.8, 4) is 0 Å². The third-order valence-corrected chi connectivity index (χ3v) is 5.41. The van der Waals surface area contributed by atoms with Crippen LogP contribution in [0.25, 0.3) is 0 Å². The average Bonchev–Trinajstić information content (AvgIpc) is 2.71. The van der Waals surface area contributed by atoms with Crippen molar-refractivity contribution in [3.05, 3.63) is 46.7 Å². The molecule has 0 spiro atoms. The molecular weight excluding hydrogens is 432 g/mol. The molecule has 2 unspecified atom stereocenters. The van der Waals surface area contributed by atoms with Gasteiger partial charge in [-0.05, 0) is 44.1 Å². The Morgan fingerprint density at radius 3 is 2.59 bits per heavy atom. The lowest BCUT2D eigenvalue weighted by Crippen LogP contribution is -2.43. The molecule has 0 aromatic carbocycles. The quantitative estimate of drug-likeness (QED) is 0.360. The zero-order chi connectivity index (χ0) is 24.2. The molecule has 2 rings (SSSR count). The predicted molar refractivity (Wildman–Crippen MR) is 112 cm³/mol. The van der Waals surface area contributed by atoms with Crippen LogP contribution in [0.1, 0.15) is 20.8 Å². The van der Waals surface area contributed by atoms with Crippen molar-refractivity contribution in [1.29, 1.82) is 0 Å². The molecular formula is C21H30F4N4O3. The standard InChI is InChI=1S/C21H30F4N4O3/c1-12-6-16(28(4)9-17(12)32-10-21(24,25)20(22)23)19(31)27-14(3)15-7-13(2)29(5)18(8-15)26-11-30/h6-8,13-14,20,26,30H,9-11H2,1-5H3,(H,27,31). The zero-order valence-corrected chi connectivity index (χ0v) is 18.8. The van der Waals surface area contributed by atoms with Crippen LogP contribution in [0.3, 0.4) is 0 Å². The first-order chi connectivity index (χ1) is 14.9. The van der Waals surface area contributed by atoms with E-state index in [1.807, 2.05) is 37.9 Å². The second kappa shape index (κ2) is 10.3. The number of nitrogens with one attached hydrogen (secondary N) is 2. The number of aliphatic hydroxyl groups excluding tert-OH is 1. The van der Waals surface area contributed by atoms with Crippen molar-refractivity contribution < 1.29 is 32.2 Å². The highest BCUT2D eigenvalue weighted by Gasteiger charge is 2.42. The van der Waals surface area contributed by atoms with Crippen molar-refractivity contribution in [2.75, 3.05) is 34.0 Å². The highest BCUT2D eigenvalue weighted by molar-refractivity contribution is 5.94. The third kappa shape index (κ3) is 5.96. The van der Waals surface area contributed by atoms with Crippen LogP contribution in [0.2, 0.25) is 0 Å². The molecule has 0 aromatic rings. The van der Waals surface area contributed by atoms with Gasteiger partial charge in [-0.1, -0.05) is 6.08 Å². The first-order valence-corrected chi connectivity index (χ1v) is 10.1. The summed E-state index contributed by atoms with van der Waals surface area (Å²) < 4.78 is 55.9. The minimum Gasteiger partial charge on any atom is -0.489 e. The molecule has 0 saturated heterocycles. The summed E-state index contributed by atoms with van der Waals surface area (Å²) in [6.07, 6.45) is 1.48. The molecule has 0 aromatic heterocycles. The van der Waals surface area contributed by atoms with E-state index in [2.05, 4.69) is 10.6 Å². The first-order valence-electron chi connectivity index (χ1n) is 10.1. The fourth-order valence-electron chi connectivity index (χ4n) is 3.26. The van der Waals surface area contributed by atoms with Gasteiger partial charge in [-0.25, -0.2) is 8.78 Å². The van der Waals surface area contributed by atoms with Gasteiger partial charge in [0.15, 0.2) is 6.61 Å². The number of carbonyl (C=O) groups excluding carboxylic acids is 1. The van der Waals surface area contributed by atoms with E-state index < -0.39 is 19.0 Å². The van der Waals surface area contributed by atoms with Gasteiger partial charge in [0.2, 0.25) is 0 Å². The summed E-state index contributed by atoms with van der Waals surface area (Å²) in [4.78, 5) is 16.3. The summed E-state index contributed by atoms with van der Waals surface area (Å²) in [7, 11) is 3.46. The molecule has 0 bridgehead atoms. The number of aliphatic hydroxyl groups is 1. The fourth-order valence-corrected chi connectivity index (χ4v) is 3.26. The topological polar surface area (TPSA) is 77.1 Å². The van der Waals surface area contributed by atoms with Gasteiger partial charge in [-0.3, -0.25) is 4.79 Å². The van der Waals surface area contributed by atoms with Crippen LogP contribution >= 0.6 is 0 Å². The molecule has 2 heterocycles. The number of carbonyl (C=O) groups is 1. The van der Waals surface area contributed by atoms with Gasteiger partial charge in [0, 0.05) is 20.1 Å². The largest absolute Gasteiger partial charge is 0.489 e. The summed E-state index contributed by atoms with van der Waals surface area (Å²) in [6, 6.07) is -0.314. The molecule has 11 heteroatoms. The maximum Gasteiger partial charge on any atom is 0.340 e. The normalized spacial score (nSPS) is 20.6. The number of rotatable bonds is 9. The van der Waals surface area contributed by atoms with Crippen LogP contribution in [0.15, 0.2) is 46.7 Å². The molecule has 7 nitrogen and oxygen atoms in total. The van der Waals surface area contributed by atoms with Crippen LogP contribution in [0.4, 0.5) is 17.6 Å². The predicted octanol–water partition coefficient (Wildman–Crippen LogP) is 2.15. The van der Waals surface area contributed by atoms with Crippen molar-refractivity contribution in [1.82, 2.24) is 20.4 Å². The monoisotopic (exact) mass is 462 g/mol. The molecule has 2 aliphatic rings. The van der Waals surface area contributed by atoms with E-state index in [-0.39, 0.29) is 37.0 Å². The van der Waals surface area contributed by atoms with Crippen LogP contribution in [0.5, 0.6) is 0 Å². The lowest BCUT2D eigenvalue weighted by Gasteiger charge is -2.34. The van der Waals surface area contributed by atoms with Crippen molar-refractivity contribution >= 4 is 5.91 Å². The smallest absolute Gasteiger partial charge is 0.340 e. The maximum atomic E-state index is 13.2. The molecule has 2 atom stereocenters. The van der Waals surface area contributed by atoms with E-state index in [1.54, 1.807) is 14.0 Å². The lowest BCUT2D eigenvalue weighted by atomic mass is 10.0. The van der Waals surface area contributed by atoms with E-state index in [0.29, 0.717) is 17.1 Å². The zero-order valence-electron chi connectivity index (χ0n) is 18.8. The minimum atomic E-state index is -4.25. The van der Waals surface area contributed by atoms with E-state index in [4.69, 9.17) is 4.74 Å². The van der Waals surface area contributed by atoms with Gasteiger partial charge in [-0.15, -0.1) is 0 Å².